The Hall–Kier alpha value is -4.99. The predicted molar refractivity (Wildman–Crippen MR) is 172 cm³/mol. The number of hydrogen-bond acceptors (Lipinski definition) is 7. The molecule has 0 aliphatic rings. The molecule has 0 saturated carbocycles. The maximum Gasteiger partial charge on any atom is 0.408 e. The van der Waals surface area contributed by atoms with Crippen LogP contribution in [-0.4, -0.2) is 45.2 Å². The highest BCUT2D eigenvalue weighted by atomic mass is 16.6. The van der Waals surface area contributed by atoms with Gasteiger partial charge in [0.1, 0.15) is 17.7 Å². The van der Waals surface area contributed by atoms with Crippen molar-refractivity contribution in [2.24, 2.45) is 0 Å². The lowest BCUT2D eigenvalue weighted by Gasteiger charge is -2.26. The summed E-state index contributed by atoms with van der Waals surface area (Å²) in [5, 5.41) is 14.6. The Labute approximate surface area is 263 Å². The van der Waals surface area contributed by atoms with Gasteiger partial charge >= 0.3 is 6.09 Å². The summed E-state index contributed by atoms with van der Waals surface area (Å²) in [6, 6.07) is 22.0. The molecule has 1 aromatic heterocycles. The van der Waals surface area contributed by atoms with E-state index in [0.717, 1.165) is 21.9 Å². The van der Waals surface area contributed by atoms with Crippen molar-refractivity contribution < 1.29 is 23.6 Å². The molecule has 0 radical (unpaired) electrons. The highest BCUT2D eigenvalue weighted by molar-refractivity contribution is 5.93. The summed E-state index contributed by atoms with van der Waals surface area (Å²) in [7, 11) is 0. The van der Waals surface area contributed by atoms with E-state index in [-0.39, 0.29) is 12.3 Å². The minimum atomic E-state index is -0.937. The van der Waals surface area contributed by atoms with Gasteiger partial charge in [0.2, 0.25) is 17.7 Å². The molecule has 236 valence electrons. The third-order valence-corrected chi connectivity index (χ3v) is 6.80. The molecule has 45 heavy (non-hydrogen) atoms. The minimum absolute atomic E-state index is 0.233. The highest BCUT2D eigenvalue weighted by Gasteiger charge is 2.28. The van der Waals surface area contributed by atoms with Gasteiger partial charge in [0.25, 0.3) is 0 Å². The van der Waals surface area contributed by atoms with Gasteiger partial charge in [0, 0.05) is 18.9 Å². The number of ether oxygens (including phenoxy) is 1. The maximum atomic E-state index is 13.9. The first-order valence-corrected chi connectivity index (χ1v) is 14.9. The molecule has 3 amide bonds. The van der Waals surface area contributed by atoms with Gasteiger partial charge in [-0.3, -0.25) is 9.59 Å². The summed E-state index contributed by atoms with van der Waals surface area (Å²) >= 11 is 0. The summed E-state index contributed by atoms with van der Waals surface area (Å²) in [6.45, 7) is 10.5. The molecule has 0 aliphatic heterocycles. The summed E-state index contributed by atoms with van der Waals surface area (Å²) in [5.41, 5.74) is 0.282. The SMILES string of the molecule is Cc1noc(C(Cc2ccccc2)NC(=O)[C@@H](Cc2ccc3ccccc3c2)NC(=O)/C=C/C(C)(C)NC(=O)OC(C)(C)C)n1. The van der Waals surface area contributed by atoms with E-state index in [1.165, 1.54) is 6.08 Å². The molecule has 3 aromatic carbocycles. The highest BCUT2D eigenvalue weighted by Crippen LogP contribution is 2.20. The lowest BCUT2D eigenvalue weighted by Crippen LogP contribution is -2.49. The van der Waals surface area contributed by atoms with Crippen LogP contribution in [0.5, 0.6) is 0 Å². The fourth-order valence-electron chi connectivity index (χ4n) is 4.70. The quantitative estimate of drug-likeness (QED) is 0.190. The number of benzene rings is 3. The first-order chi connectivity index (χ1) is 21.3. The lowest BCUT2D eigenvalue weighted by atomic mass is 10.00. The molecule has 4 aromatic rings. The van der Waals surface area contributed by atoms with Crippen LogP contribution in [0.1, 0.15) is 63.5 Å². The Kier molecular flexibility index (Phi) is 10.4. The van der Waals surface area contributed by atoms with Crippen LogP contribution in [0.15, 0.2) is 89.5 Å². The molecule has 0 fully saturated rings. The Morgan fingerprint density at radius 1 is 0.867 bits per heavy atom. The van der Waals surface area contributed by atoms with Crippen LogP contribution in [0.4, 0.5) is 4.79 Å². The van der Waals surface area contributed by atoms with Crippen molar-refractivity contribution in [3.05, 3.63) is 108 Å². The number of fused-ring (bicyclic) bond motifs is 1. The van der Waals surface area contributed by atoms with Crippen LogP contribution in [0, 0.1) is 6.92 Å². The van der Waals surface area contributed by atoms with E-state index in [1.54, 1.807) is 47.6 Å². The van der Waals surface area contributed by atoms with Crippen LogP contribution >= 0.6 is 0 Å². The number of nitrogens with one attached hydrogen (secondary N) is 3. The van der Waals surface area contributed by atoms with Gasteiger partial charge in [0.05, 0.1) is 5.54 Å². The Morgan fingerprint density at radius 2 is 1.56 bits per heavy atom. The second kappa shape index (κ2) is 14.2. The zero-order chi connectivity index (χ0) is 32.6. The third-order valence-electron chi connectivity index (χ3n) is 6.80. The van der Waals surface area contributed by atoms with E-state index in [4.69, 9.17) is 9.26 Å². The van der Waals surface area contributed by atoms with Crippen LogP contribution in [0.2, 0.25) is 0 Å². The van der Waals surface area contributed by atoms with Gasteiger partial charge < -0.3 is 25.2 Å². The van der Waals surface area contributed by atoms with Crippen LogP contribution in [0.3, 0.4) is 0 Å². The molecule has 1 unspecified atom stereocenters. The van der Waals surface area contributed by atoms with Gasteiger partial charge in [-0.15, -0.1) is 0 Å². The number of carbonyl (C=O) groups is 3. The number of nitrogens with zero attached hydrogens (tertiary/aromatic N) is 2. The zero-order valence-corrected chi connectivity index (χ0v) is 26.6. The standard InChI is InChI=1S/C35H41N5O5/c1-23-36-32(45-40-23)29(21-24-12-8-7-9-13-24)38-31(42)28(22-25-16-17-26-14-10-11-15-27(26)20-25)37-30(41)18-19-35(5,6)39-33(43)44-34(2,3)4/h7-20,28-29H,21-22H2,1-6H3,(H,37,41)(H,38,42)(H,39,43)/b19-18+/t28-,29?/m1/s1. The number of carbonyl (C=O) groups excluding carboxylic acids is 3. The molecule has 0 spiro atoms. The van der Waals surface area contributed by atoms with Gasteiger partial charge in [-0.05, 0) is 63.4 Å². The summed E-state index contributed by atoms with van der Waals surface area (Å²) in [4.78, 5) is 43.8. The van der Waals surface area contributed by atoms with Crippen molar-refractivity contribution in [2.45, 2.75) is 77.6 Å². The molecule has 10 nitrogen and oxygen atoms in total. The molecule has 10 heteroatoms. The van der Waals surface area contributed by atoms with E-state index in [9.17, 15) is 14.4 Å². The van der Waals surface area contributed by atoms with E-state index >= 15 is 0 Å². The van der Waals surface area contributed by atoms with Crippen molar-refractivity contribution >= 4 is 28.7 Å². The molecular formula is C35H41N5O5. The zero-order valence-electron chi connectivity index (χ0n) is 26.6. The van der Waals surface area contributed by atoms with E-state index in [1.807, 2.05) is 72.8 Å². The van der Waals surface area contributed by atoms with Gasteiger partial charge in [0.15, 0.2) is 5.82 Å². The number of alkyl carbamates (subject to hydrolysis) is 1. The molecule has 0 saturated heterocycles. The van der Waals surface area contributed by atoms with Gasteiger partial charge in [-0.25, -0.2) is 4.79 Å². The van der Waals surface area contributed by atoms with Crippen molar-refractivity contribution in [3.8, 4) is 0 Å². The van der Waals surface area contributed by atoms with Crippen molar-refractivity contribution in [3.63, 3.8) is 0 Å². The largest absolute Gasteiger partial charge is 0.444 e. The van der Waals surface area contributed by atoms with Crippen molar-refractivity contribution in [2.75, 3.05) is 0 Å². The molecule has 0 aliphatic carbocycles. The van der Waals surface area contributed by atoms with Crippen LogP contribution in [-0.2, 0) is 27.2 Å². The van der Waals surface area contributed by atoms with Gasteiger partial charge in [-0.1, -0.05) is 84.0 Å². The minimum Gasteiger partial charge on any atom is -0.444 e. The number of aromatic nitrogens is 2. The molecule has 3 N–H and O–H groups in total. The predicted octanol–water partition coefficient (Wildman–Crippen LogP) is 5.52. The summed E-state index contributed by atoms with van der Waals surface area (Å²) in [6.07, 6.45) is 2.90. The number of aryl methyl sites for hydroxylation is 1. The number of amides is 3. The number of hydrogen-bond donors (Lipinski definition) is 3. The molecule has 2 atom stereocenters. The lowest BCUT2D eigenvalue weighted by molar-refractivity contribution is -0.127. The monoisotopic (exact) mass is 611 g/mol. The van der Waals surface area contributed by atoms with Crippen LogP contribution in [0.25, 0.3) is 10.8 Å². The normalized spacial score (nSPS) is 13.3. The van der Waals surface area contributed by atoms with Crippen LogP contribution < -0.4 is 16.0 Å². The summed E-state index contributed by atoms with van der Waals surface area (Å²) < 4.78 is 10.8. The molecule has 1 heterocycles. The molecule has 0 bridgehead atoms. The first-order valence-electron chi connectivity index (χ1n) is 14.9. The number of rotatable bonds is 11. The fourth-order valence-corrected chi connectivity index (χ4v) is 4.70. The Morgan fingerprint density at radius 3 is 2.22 bits per heavy atom. The van der Waals surface area contributed by atoms with E-state index in [0.29, 0.717) is 12.2 Å². The van der Waals surface area contributed by atoms with E-state index < -0.39 is 41.1 Å². The van der Waals surface area contributed by atoms with Crippen molar-refractivity contribution in [1.82, 2.24) is 26.1 Å². The average Bonchev–Trinajstić information content (AvgIpc) is 3.40. The molecule has 4 rings (SSSR count). The second-order valence-corrected chi connectivity index (χ2v) is 12.6. The third kappa shape index (κ3) is 10.3. The Balaban J connectivity index is 1.55. The summed E-state index contributed by atoms with van der Waals surface area (Å²) in [5.74, 6) is -0.183. The first kappa shape index (κ1) is 32.9. The maximum absolute atomic E-state index is 13.9. The smallest absolute Gasteiger partial charge is 0.408 e. The second-order valence-electron chi connectivity index (χ2n) is 12.6. The average molecular weight is 612 g/mol. The Bertz CT molecular complexity index is 1660. The molecular weight excluding hydrogens is 570 g/mol. The van der Waals surface area contributed by atoms with Gasteiger partial charge in [-0.2, -0.15) is 4.98 Å². The fraction of sp³-hybridized carbons (Fsp3) is 0.343. The topological polar surface area (TPSA) is 135 Å². The van der Waals surface area contributed by atoms with Crippen molar-refractivity contribution in [1.29, 1.82) is 0 Å². The van der Waals surface area contributed by atoms with E-state index in [2.05, 4.69) is 26.1 Å².